The first-order chi connectivity index (χ1) is 13.9. The summed E-state index contributed by atoms with van der Waals surface area (Å²) < 4.78 is 16.4. The minimum atomic E-state index is -0.497. The Bertz CT molecular complexity index is 1000. The van der Waals surface area contributed by atoms with Crippen LogP contribution in [-0.2, 0) is 11.3 Å². The number of esters is 1. The van der Waals surface area contributed by atoms with Crippen molar-refractivity contribution in [2.24, 2.45) is 0 Å². The summed E-state index contributed by atoms with van der Waals surface area (Å²) in [5.41, 5.74) is 6.65. The number of likely N-dealkylation sites (N-methyl/N-ethyl adjacent to an activating group) is 1. The van der Waals surface area contributed by atoms with Crippen molar-refractivity contribution in [3.63, 3.8) is 0 Å². The zero-order valence-corrected chi connectivity index (χ0v) is 17.3. The summed E-state index contributed by atoms with van der Waals surface area (Å²) >= 11 is 5.86. The molecule has 9 heteroatoms. The van der Waals surface area contributed by atoms with E-state index in [1.54, 1.807) is 26.0 Å². The monoisotopic (exact) mass is 418 g/mol. The van der Waals surface area contributed by atoms with E-state index in [4.69, 9.17) is 31.2 Å². The first-order valence-corrected chi connectivity index (χ1v) is 9.56. The zero-order valence-electron chi connectivity index (χ0n) is 16.6. The zero-order chi connectivity index (χ0) is 21.0. The fourth-order valence-electron chi connectivity index (χ4n) is 2.87. The molecular formula is C20H23ClN4O4. The maximum absolute atomic E-state index is 12.2. The summed E-state index contributed by atoms with van der Waals surface area (Å²) in [4.78, 5) is 22.9. The van der Waals surface area contributed by atoms with E-state index >= 15 is 0 Å². The van der Waals surface area contributed by atoms with Crippen molar-refractivity contribution >= 4 is 34.5 Å². The van der Waals surface area contributed by atoms with Gasteiger partial charge in [-0.2, -0.15) is 4.98 Å². The van der Waals surface area contributed by atoms with E-state index in [0.29, 0.717) is 41.7 Å². The van der Waals surface area contributed by atoms with Crippen LogP contribution in [0.25, 0.3) is 11.1 Å². The Balaban J connectivity index is 1.67. The predicted octanol–water partition coefficient (Wildman–Crippen LogP) is 3.45. The first kappa shape index (κ1) is 20.9. The van der Waals surface area contributed by atoms with Gasteiger partial charge in [-0.1, -0.05) is 11.6 Å². The summed E-state index contributed by atoms with van der Waals surface area (Å²) in [6.07, 6.45) is 0. The van der Waals surface area contributed by atoms with Gasteiger partial charge in [-0.15, -0.1) is 0 Å². The second-order valence-electron chi connectivity index (χ2n) is 6.50. The van der Waals surface area contributed by atoms with Gasteiger partial charge in [0.15, 0.2) is 0 Å². The highest BCUT2D eigenvalue weighted by molar-refractivity contribution is 6.30. The smallest absolute Gasteiger partial charge is 0.342 e. The average molecular weight is 419 g/mol. The van der Waals surface area contributed by atoms with Gasteiger partial charge in [0.05, 0.1) is 18.5 Å². The number of furan rings is 1. The van der Waals surface area contributed by atoms with Crippen molar-refractivity contribution in [3.05, 3.63) is 46.4 Å². The van der Waals surface area contributed by atoms with Crippen LogP contribution < -0.4 is 10.5 Å². The number of halogens is 1. The number of hydrogen-bond donors (Lipinski definition) is 1. The summed E-state index contributed by atoms with van der Waals surface area (Å²) in [5.74, 6) is 1.34. The van der Waals surface area contributed by atoms with Crippen molar-refractivity contribution < 1.29 is 18.7 Å². The lowest BCUT2D eigenvalue weighted by atomic mass is 10.2. The Morgan fingerprint density at radius 1 is 1.28 bits per heavy atom. The number of nitrogen functional groups attached to an aromatic ring is 1. The fraction of sp³-hybridized carbons (Fsp3) is 0.350. The molecule has 0 spiro atoms. The summed E-state index contributed by atoms with van der Waals surface area (Å²) in [6, 6.07) is 7.20. The molecule has 0 atom stereocenters. The normalized spacial score (nSPS) is 11.2. The number of ether oxygens (including phenoxy) is 2. The van der Waals surface area contributed by atoms with E-state index in [1.807, 2.05) is 24.1 Å². The van der Waals surface area contributed by atoms with Crippen molar-refractivity contribution in [2.45, 2.75) is 20.4 Å². The third-order valence-electron chi connectivity index (χ3n) is 4.25. The number of aromatic nitrogens is 2. The van der Waals surface area contributed by atoms with E-state index < -0.39 is 5.97 Å². The summed E-state index contributed by atoms with van der Waals surface area (Å²) in [6.45, 7) is 5.25. The van der Waals surface area contributed by atoms with Crippen LogP contribution >= 0.6 is 11.6 Å². The van der Waals surface area contributed by atoms with E-state index in [9.17, 15) is 4.79 Å². The molecule has 1 aromatic carbocycles. The molecular weight excluding hydrogens is 396 g/mol. The lowest BCUT2D eigenvalue weighted by molar-refractivity contribution is 0.0526. The Kier molecular flexibility index (Phi) is 6.56. The van der Waals surface area contributed by atoms with Crippen LogP contribution in [-0.4, -0.2) is 47.6 Å². The van der Waals surface area contributed by atoms with Gasteiger partial charge in [-0.25, -0.2) is 9.78 Å². The molecule has 8 nitrogen and oxygen atoms in total. The molecule has 3 aromatic rings. The number of anilines is 1. The van der Waals surface area contributed by atoms with Crippen molar-refractivity contribution in [1.82, 2.24) is 14.9 Å². The minimum absolute atomic E-state index is 0.190. The molecule has 0 saturated heterocycles. The number of aryl methyl sites for hydroxylation is 1. The molecule has 2 heterocycles. The molecule has 0 bridgehead atoms. The second kappa shape index (κ2) is 9.11. The van der Waals surface area contributed by atoms with Crippen molar-refractivity contribution in [2.75, 3.05) is 32.5 Å². The van der Waals surface area contributed by atoms with Gasteiger partial charge in [0.1, 0.15) is 35.3 Å². The molecule has 0 fully saturated rings. The lowest BCUT2D eigenvalue weighted by Gasteiger charge is -2.16. The Morgan fingerprint density at radius 3 is 2.69 bits per heavy atom. The van der Waals surface area contributed by atoms with Crippen LogP contribution in [0.1, 0.15) is 28.9 Å². The molecule has 29 heavy (non-hydrogen) atoms. The van der Waals surface area contributed by atoms with Crippen molar-refractivity contribution in [3.8, 4) is 5.75 Å². The average Bonchev–Trinajstić information content (AvgIpc) is 3.00. The Morgan fingerprint density at radius 2 is 2.00 bits per heavy atom. The van der Waals surface area contributed by atoms with Gasteiger partial charge in [0.25, 0.3) is 0 Å². The van der Waals surface area contributed by atoms with E-state index in [1.165, 1.54) is 0 Å². The molecule has 154 valence electrons. The van der Waals surface area contributed by atoms with Crippen LogP contribution in [0.3, 0.4) is 0 Å². The van der Waals surface area contributed by atoms with Crippen molar-refractivity contribution in [1.29, 1.82) is 0 Å². The summed E-state index contributed by atoms with van der Waals surface area (Å²) in [7, 11) is 1.92. The fourth-order valence-corrected chi connectivity index (χ4v) is 3.00. The SMILES string of the molecule is CCOC(=O)c1c(C)oc2nc(CN(C)CCOc3ccc(Cl)cc3)nc(N)c12. The number of carbonyl (C=O) groups is 1. The van der Waals surface area contributed by atoms with Gasteiger partial charge in [-0.3, -0.25) is 4.90 Å². The molecule has 0 aliphatic carbocycles. The lowest BCUT2D eigenvalue weighted by Crippen LogP contribution is -2.25. The molecule has 0 aliphatic rings. The number of nitrogens with two attached hydrogens (primary N) is 1. The number of carbonyl (C=O) groups excluding carboxylic acids is 1. The second-order valence-corrected chi connectivity index (χ2v) is 6.94. The van der Waals surface area contributed by atoms with Crippen LogP contribution in [0, 0.1) is 6.92 Å². The maximum Gasteiger partial charge on any atom is 0.342 e. The van der Waals surface area contributed by atoms with E-state index in [2.05, 4.69) is 9.97 Å². The van der Waals surface area contributed by atoms with Gasteiger partial charge in [-0.05, 0) is 45.2 Å². The van der Waals surface area contributed by atoms with Gasteiger partial charge in [0, 0.05) is 11.6 Å². The third kappa shape index (κ3) is 4.96. The van der Waals surface area contributed by atoms with Gasteiger partial charge >= 0.3 is 5.97 Å². The molecule has 0 saturated carbocycles. The minimum Gasteiger partial charge on any atom is -0.492 e. The molecule has 0 aliphatic heterocycles. The number of fused-ring (bicyclic) bond motifs is 1. The molecule has 0 amide bonds. The largest absolute Gasteiger partial charge is 0.492 e. The molecule has 2 aromatic heterocycles. The number of benzene rings is 1. The highest BCUT2D eigenvalue weighted by atomic mass is 35.5. The molecule has 3 rings (SSSR count). The highest BCUT2D eigenvalue weighted by Crippen LogP contribution is 2.29. The van der Waals surface area contributed by atoms with Gasteiger partial charge in [0.2, 0.25) is 5.71 Å². The van der Waals surface area contributed by atoms with Crippen LogP contribution in [0.2, 0.25) is 5.02 Å². The van der Waals surface area contributed by atoms with Crippen LogP contribution in [0.4, 0.5) is 5.82 Å². The molecule has 2 N–H and O–H groups in total. The van der Waals surface area contributed by atoms with Crippen LogP contribution in [0.15, 0.2) is 28.7 Å². The number of rotatable bonds is 8. The molecule has 0 unspecified atom stereocenters. The third-order valence-corrected chi connectivity index (χ3v) is 4.50. The van der Waals surface area contributed by atoms with Crippen LogP contribution in [0.5, 0.6) is 5.75 Å². The number of hydrogen-bond acceptors (Lipinski definition) is 8. The predicted molar refractivity (Wildman–Crippen MR) is 110 cm³/mol. The Labute approximate surface area is 173 Å². The van der Waals surface area contributed by atoms with E-state index in [0.717, 1.165) is 5.75 Å². The standard InChI is InChI=1S/C20H23ClN4O4/c1-4-27-20(26)16-12(2)29-19-17(16)18(22)23-15(24-19)11-25(3)9-10-28-14-7-5-13(21)6-8-14/h5-8H,4,9-11H2,1-3H3,(H2,22,23,24). The topological polar surface area (TPSA) is 104 Å². The Hall–Kier alpha value is -2.84. The quantitative estimate of drug-likeness (QED) is 0.554. The number of nitrogens with zero attached hydrogens (tertiary/aromatic N) is 3. The summed E-state index contributed by atoms with van der Waals surface area (Å²) in [5, 5.41) is 1.05. The molecule has 0 radical (unpaired) electrons. The first-order valence-electron chi connectivity index (χ1n) is 9.18. The van der Waals surface area contributed by atoms with E-state index in [-0.39, 0.29) is 23.7 Å². The highest BCUT2D eigenvalue weighted by Gasteiger charge is 2.24. The maximum atomic E-state index is 12.2. The van der Waals surface area contributed by atoms with Gasteiger partial charge < -0.3 is 19.6 Å².